The molecule has 0 aromatic heterocycles. The van der Waals surface area contributed by atoms with Crippen LogP contribution in [0.15, 0.2) is 65.0 Å². The SMILES string of the molecule is COC(=O)C1=C(C)NC2=C(C(=O)C[C@H](c3ccc(Cl)cc3)C2)[C@@H]1c1ccc(Cl)cc1Cl. The highest BCUT2D eigenvalue weighted by atomic mass is 35.5. The van der Waals surface area contributed by atoms with Crippen molar-refractivity contribution >= 4 is 46.6 Å². The number of rotatable bonds is 3. The van der Waals surface area contributed by atoms with Crippen LogP contribution in [-0.2, 0) is 14.3 Å². The number of halogens is 3. The number of hydrogen-bond donors (Lipinski definition) is 1. The summed E-state index contributed by atoms with van der Waals surface area (Å²) in [6.45, 7) is 1.81. The van der Waals surface area contributed by atoms with Gasteiger partial charge in [-0.1, -0.05) is 53.0 Å². The highest BCUT2D eigenvalue weighted by Crippen LogP contribution is 2.47. The molecule has 2 aromatic rings. The van der Waals surface area contributed by atoms with E-state index in [-0.39, 0.29) is 11.7 Å². The molecule has 7 heteroatoms. The van der Waals surface area contributed by atoms with Gasteiger partial charge in [-0.3, -0.25) is 4.79 Å². The molecule has 160 valence electrons. The van der Waals surface area contributed by atoms with Gasteiger partial charge in [0, 0.05) is 44.4 Å². The number of benzene rings is 2. The number of nitrogens with one attached hydrogen (secondary N) is 1. The van der Waals surface area contributed by atoms with E-state index in [0.717, 1.165) is 11.3 Å². The van der Waals surface area contributed by atoms with E-state index in [0.29, 0.717) is 50.3 Å². The molecule has 4 rings (SSSR count). The van der Waals surface area contributed by atoms with Crippen LogP contribution in [0, 0.1) is 0 Å². The molecule has 1 aliphatic carbocycles. The molecular weight excluding hydrogens is 457 g/mol. The van der Waals surface area contributed by atoms with Crippen molar-refractivity contribution in [3.63, 3.8) is 0 Å². The Morgan fingerprint density at radius 2 is 1.71 bits per heavy atom. The summed E-state index contributed by atoms with van der Waals surface area (Å²) >= 11 is 18.6. The van der Waals surface area contributed by atoms with E-state index >= 15 is 0 Å². The van der Waals surface area contributed by atoms with Crippen molar-refractivity contribution in [2.45, 2.75) is 31.6 Å². The smallest absolute Gasteiger partial charge is 0.336 e. The molecule has 0 spiro atoms. The zero-order valence-electron chi connectivity index (χ0n) is 17.0. The van der Waals surface area contributed by atoms with Gasteiger partial charge in [-0.15, -0.1) is 0 Å². The van der Waals surface area contributed by atoms with Crippen LogP contribution >= 0.6 is 34.8 Å². The number of carbonyl (C=O) groups is 2. The maximum atomic E-state index is 13.4. The second kappa shape index (κ2) is 8.70. The third-order valence-corrected chi connectivity index (χ3v) is 6.66. The van der Waals surface area contributed by atoms with Crippen molar-refractivity contribution in [2.24, 2.45) is 0 Å². The quantitative estimate of drug-likeness (QED) is 0.537. The molecule has 2 aliphatic rings. The summed E-state index contributed by atoms with van der Waals surface area (Å²) in [7, 11) is 1.33. The molecule has 0 fully saturated rings. The number of dihydropyridines is 1. The van der Waals surface area contributed by atoms with Crippen LogP contribution < -0.4 is 5.32 Å². The lowest BCUT2D eigenvalue weighted by Crippen LogP contribution is -2.36. The topological polar surface area (TPSA) is 55.4 Å². The van der Waals surface area contributed by atoms with E-state index in [1.807, 2.05) is 31.2 Å². The summed E-state index contributed by atoms with van der Waals surface area (Å²) < 4.78 is 5.04. The van der Waals surface area contributed by atoms with Crippen LogP contribution in [0.1, 0.15) is 42.7 Å². The molecule has 0 radical (unpaired) electrons. The molecule has 0 bridgehead atoms. The zero-order valence-corrected chi connectivity index (χ0v) is 19.2. The molecule has 0 unspecified atom stereocenters. The summed E-state index contributed by atoms with van der Waals surface area (Å²) in [6, 6.07) is 12.6. The molecule has 1 aliphatic heterocycles. The van der Waals surface area contributed by atoms with E-state index in [1.54, 1.807) is 18.2 Å². The Labute approximate surface area is 195 Å². The number of allylic oxidation sites excluding steroid dienone is 3. The molecule has 4 nitrogen and oxygen atoms in total. The minimum atomic E-state index is -0.618. The number of hydrogen-bond acceptors (Lipinski definition) is 4. The van der Waals surface area contributed by atoms with E-state index < -0.39 is 11.9 Å². The summed E-state index contributed by atoms with van der Waals surface area (Å²) in [5.41, 5.74) is 4.08. The lowest BCUT2D eigenvalue weighted by molar-refractivity contribution is -0.136. The van der Waals surface area contributed by atoms with Gasteiger partial charge in [0.1, 0.15) is 0 Å². The summed E-state index contributed by atoms with van der Waals surface area (Å²) in [6.07, 6.45) is 0.966. The van der Waals surface area contributed by atoms with Gasteiger partial charge in [0.2, 0.25) is 0 Å². The molecule has 31 heavy (non-hydrogen) atoms. The highest BCUT2D eigenvalue weighted by molar-refractivity contribution is 6.35. The number of ketones is 1. The molecule has 2 aromatic carbocycles. The van der Waals surface area contributed by atoms with Crippen molar-refractivity contribution in [1.29, 1.82) is 0 Å². The standard InChI is InChI=1S/C24H20Cl3NO3/c1-12-21(24(30)31-2)22(17-8-7-16(26)11-18(17)27)23-19(28-12)9-14(10-20(23)29)13-3-5-15(25)6-4-13/h3-8,11,14,22,28H,9-10H2,1-2H3/t14-,22-/m1/s1. The molecule has 0 amide bonds. The molecule has 0 saturated carbocycles. The number of Topliss-reactive ketones (excluding diaryl/α,β-unsaturated/α-hetero) is 1. The number of ether oxygens (including phenoxy) is 1. The van der Waals surface area contributed by atoms with Gasteiger partial charge >= 0.3 is 5.97 Å². The lowest BCUT2D eigenvalue weighted by atomic mass is 9.71. The van der Waals surface area contributed by atoms with Gasteiger partial charge in [0.15, 0.2) is 5.78 Å². The molecule has 0 saturated heterocycles. The second-order valence-electron chi connectivity index (χ2n) is 7.73. The maximum absolute atomic E-state index is 13.4. The van der Waals surface area contributed by atoms with Crippen LogP contribution in [0.4, 0.5) is 0 Å². The highest BCUT2D eigenvalue weighted by Gasteiger charge is 2.42. The van der Waals surface area contributed by atoms with E-state index in [4.69, 9.17) is 39.5 Å². The first-order valence-corrected chi connectivity index (χ1v) is 11.0. The van der Waals surface area contributed by atoms with Gasteiger partial charge in [0.25, 0.3) is 0 Å². The lowest BCUT2D eigenvalue weighted by Gasteiger charge is -2.37. The normalized spacial score (nSPS) is 21.0. The number of methoxy groups -OCH3 is 1. The van der Waals surface area contributed by atoms with E-state index in [2.05, 4.69) is 5.32 Å². The Morgan fingerprint density at radius 3 is 2.35 bits per heavy atom. The van der Waals surface area contributed by atoms with Gasteiger partial charge in [-0.2, -0.15) is 0 Å². The minimum absolute atomic E-state index is 0.0184. The Balaban J connectivity index is 1.83. The predicted octanol–water partition coefficient (Wildman–Crippen LogP) is 6.18. The zero-order chi connectivity index (χ0) is 22.3. The molecule has 2 atom stereocenters. The Bertz CT molecular complexity index is 1140. The predicted molar refractivity (Wildman–Crippen MR) is 123 cm³/mol. The van der Waals surface area contributed by atoms with Crippen LogP contribution in [0.3, 0.4) is 0 Å². The average Bonchev–Trinajstić information content (AvgIpc) is 2.73. The van der Waals surface area contributed by atoms with Crippen molar-refractivity contribution in [2.75, 3.05) is 7.11 Å². The Hall–Kier alpha value is -2.27. The van der Waals surface area contributed by atoms with Crippen LogP contribution in [0.2, 0.25) is 15.1 Å². The number of carbonyl (C=O) groups excluding carboxylic acids is 2. The summed E-state index contributed by atoms with van der Waals surface area (Å²) in [5.74, 6) is -1.13. The Morgan fingerprint density at radius 1 is 1.03 bits per heavy atom. The number of esters is 1. The monoisotopic (exact) mass is 475 g/mol. The van der Waals surface area contributed by atoms with E-state index in [9.17, 15) is 9.59 Å². The summed E-state index contributed by atoms with van der Waals surface area (Å²) in [4.78, 5) is 26.1. The van der Waals surface area contributed by atoms with Gasteiger partial charge in [-0.25, -0.2) is 4.79 Å². The summed E-state index contributed by atoms with van der Waals surface area (Å²) in [5, 5.41) is 4.83. The van der Waals surface area contributed by atoms with Crippen molar-refractivity contribution < 1.29 is 14.3 Å². The Kier molecular flexibility index (Phi) is 6.16. The first kappa shape index (κ1) is 21.9. The molecule has 1 N–H and O–H groups in total. The fourth-order valence-electron chi connectivity index (χ4n) is 4.44. The van der Waals surface area contributed by atoms with Gasteiger partial charge in [-0.05, 0) is 54.7 Å². The van der Waals surface area contributed by atoms with Gasteiger partial charge < -0.3 is 10.1 Å². The van der Waals surface area contributed by atoms with E-state index in [1.165, 1.54) is 7.11 Å². The van der Waals surface area contributed by atoms with Gasteiger partial charge in [0.05, 0.1) is 12.7 Å². The third kappa shape index (κ3) is 4.12. The minimum Gasteiger partial charge on any atom is -0.466 e. The molecule has 1 heterocycles. The maximum Gasteiger partial charge on any atom is 0.336 e. The third-order valence-electron chi connectivity index (χ3n) is 5.85. The average molecular weight is 477 g/mol. The fraction of sp³-hybridized carbons (Fsp3) is 0.250. The van der Waals surface area contributed by atoms with Crippen LogP contribution in [0.25, 0.3) is 0 Å². The van der Waals surface area contributed by atoms with Crippen molar-refractivity contribution in [3.05, 3.63) is 91.2 Å². The van der Waals surface area contributed by atoms with Crippen LogP contribution in [0.5, 0.6) is 0 Å². The molecular formula is C24H20Cl3NO3. The fourth-order valence-corrected chi connectivity index (χ4v) is 5.08. The van der Waals surface area contributed by atoms with Crippen molar-refractivity contribution in [1.82, 2.24) is 5.32 Å². The largest absolute Gasteiger partial charge is 0.466 e. The van der Waals surface area contributed by atoms with Crippen LogP contribution in [-0.4, -0.2) is 18.9 Å². The first-order chi connectivity index (χ1) is 14.8. The van der Waals surface area contributed by atoms with Crippen molar-refractivity contribution in [3.8, 4) is 0 Å². The second-order valence-corrected chi connectivity index (χ2v) is 9.01. The first-order valence-electron chi connectivity index (χ1n) is 9.83.